The first-order chi connectivity index (χ1) is 5.91. The van der Waals surface area contributed by atoms with E-state index in [1.54, 1.807) is 0 Å². The molecule has 1 unspecified atom stereocenters. The Morgan fingerprint density at radius 3 is 2.69 bits per heavy atom. The molecule has 0 spiro atoms. The summed E-state index contributed by atoms with van der Waals surface area (Å²) in [6.45, 7) is 2.86. The maximum atomic E-state index is 12.6. The Hall–Kier alpha value is -0.190. The van der Waals surface area contributed by atoms with Gasteiger partial charge in [-0.1, -0.05) is 6.92 Å². The Morgan fingerprint density at radius 2 is 2.23 bits per heavy atom. The van der Waals surface area contributed by atoms with Crippen LogP contribution in [-0.2, 0) is 4.79 Å². The van der Waals surface area contributed by atoms with Crippen LogP contribution in [0.1, 0.15) is 19.8 Å². The van der Waals surface area contributed by atoms with Gasteiger partial charge in [0.2, 0.25) is 0 Å². The molecule has 0 aromatic heterocycles. The molecule has 0 bridgehead atoms. The third kappa shape index (κ3) is 2.90. The summed E-state index contributed by atoms with van der Waals surface area (Å²) in [6, 6.07) is 0. The summed E-state index contributed by atoms with van der Waals surface area (Å²) in [7, 11) is 0. The fraction of sp³-hybridized carbons (Fsp3) is 0.875. The Kier molecular flexibility index (Phi) is 3.27. The summed E-state index contributed by atoms with van der Waals surface area (Å²) < 4.78 is 25.1. The summed E-state index contributed by atoms with van der Waals surface area (Å²) in [5.41, 5.74) is 0. The molecule has 0 aliphatic carbocycles. The molecule has 1 atom stereocenters. The van der Waals surface area contributed by atoms with E-state index in [9.17, 15) is 13.6 Å². The molecule has 0 aromatic rings. The maximum absolute atomic E-state index is 12.6. The van der Waals surface area contributed by atoms with E-state index >= 15 is 0 Å². The summed E-state index contributed by atoms with van der Waals surface area (Å²) in [4.78, 5) is 8.92. The predicted octanol–water partition coefficient (Wildman–Crippen LogP) is 2.23. The zero-order valence-corrected chi connectivity index (χ0v) is 8.98. The van der Waals surface area contributed by atoms with Crippen LogP contribution in [0.2, 0.25) is 0 Å². The van der Waals surface area contributed by atoms with Crippen LogP contribution in [0.3, 0.4) is 0 Å². The third-order valence-electron chi connectivity index (χ3n) is 2.19. The number of piperidine rings is 1. The number of carbonyl (C=O) groups excluding carboxylic acids is 1. The molecular formula is C8H12BrF2NO. The van der Waals surface area contributed by atoms with Gasteiger partial charge in [0.05, 0.1) is 0 Å². The fourth-order valence-electron chi connectivity index (χ4n) is 1.55. The van der Waals surface area contributed by atoms with Gasteiger partial charge in [-0.25, -0.2) is 0 Å². The molecule has 1 saturated heterocycles. The van der Waals surface area contributed by atoms with Gasteiger partial charge in [-0.2, -0.15) is 8.78 Å². The normalized spacial score (nSPS) is 24.6. The van der Waals surface area contributed by atoms with E-state index in [-0.39, 0.29) is 0 Å². The number of nitrogens with zero attached hydrogens (tertiary/aromatic N) is 1. The van der Waals surface area contributed by atoms with Gasteiger partial charge in [0.25, 0.3) is 0 Å². The summed E-state index contributed by atoms with van der Waals surface area (Å²) in [6.07, 6.45) is 1.83. The van der Waals surface area contributed by atoms with Crippen LogP contribution in [0, 0.1) is 5.92 Å². The lowest BCUT2D eigenvalue weighted by molar-refractivity contribution is -0.147. The first-order valence-electron chi connectivity index (χ1n) is 4.27. The highest BCUT2D eigenvalue weighted by Crippen LogP contribution is 2.27. The number of rotatable bonds is 1. The highest BCUT2D eigenvalue weighted by molar-refractivity contribution is 9.10. The van der Waals surface area contributed by atoms with Gasteiger partial charge in [-0.15, -0.1) is 0 Å². The highest BCUT2D eigenvalue weighted by Gasteiger charge is 2.39. The fourth-order valence-corrected chi connectivity index (χ4v) is 1.80. The molecule has 0 saturated carbocycles. The van der Waals surface area contributed by atoms with E-state index in [1.165, 1.54) is 4.90 Å². The standard InChI is InChI=1S/C8H12BrF2NO/c1-6-3-2-4-12(5-6)7(13)8(9,10)11/h6H,2-5H2,1H3. The quantitative estimate of drug-likeness (QED) is 0.659. The van der Waals surface area contributed by atoms with Crippen LogP contribution >= 0.6 is 15.9 Å². The van der Waals surface area contributed by atoms with Crippen LogP contribution in [0.4, 0.5) is 8.78 Å². The second-order valence-corrected chi connectivity index (χ2v) is 4.49. The van der Waals surface area contributed by atoms with Crippen molar-refractivity contribution in [2.45, 2.75) is 24.6 Å². The lowest BCUT2D eigenvalue weighted by Crippen LogP contribution is -2.45. The van der Waals surface area contributed by atoms with Gasteiger partial charge in [0.1, 0.15) is 0 Å². The van der Waals surface area contributed by atoms with Crippen molar-refractivity contribution in [3.63, 3.8) is 0 Å². The zero-order valence-electron chi connectivity index (χ0n) is 7.40. The molecule has 1 fully saturated rings. The molecular weight excluding hydrogens is 244 g/mol. The van der Waals surface area contributed by atoms with Gasteiger partial charge in [0.15, 0.2) is 0 Å². The minimum atomic E-state index is -3.40. The molecule has 2 nitrogen and oxygen atoms in total. The molecule has 76 valence electrons. The minimum absolute atomic E-state index is 0.326. The summed E-state index contributed by atoms with van der Waals surface area (Å²) in [5, 5.41) is 0. The predicted molar refractivity (Wildman–Crippen MR) is 48.9 cm³/mol. The Labute approximate surface area is 84.4 Å². The number of amides is 1. The Bertz CT molecular complexity index is 205. The topological polar surface area (TPSA) is 20.3 Å². The first-order valence-corrected chi connectivity index (χ1v) is 5.06. The SMILES string of the molecule is CC1CCCN(C(=O)C(F)(F)Br)C1. The monoisotopic (exact) mass is 255 g/mol. The number of likely N-dealkylation sites (tertiary alicyclic amines) is 1. The van der Waals surface area contributed by atoms with Crippen molar-refractivity contribution in [2.24, 2.45) is 5.92 Å². The molecule has 1 heterocycles. The first kappa shape index (κ1) is 10.9. The molecule has 13 heavy (non-hydrogen) atoms. The Morgan fingerprint density at radius 1 is 1.62 bits per heavy atom. The van der Waals surface area contributed by atoms with E-state index in [0.717, 1.165) is 12.8 Å². The van der Waals surface area contributed by atoms with Crippen molar-refractivity contribution >= 4 is 21.8 Å². The van der Waals surface area contributed by atoms with Gasteiger partial charge in [-0.05, 0) is 18.8 Å². The molecule has 0 aromatic carbocycles. The van der Waals surface area contributed by atoms with Crippen LogP contribution < -0.4 is 0 Å². The minimum Gasteiger partial charge on any atom is -0.336 e. The van der Waals surface area contributed by atoms with Crippen molar-refractivity contribution in [2.75, 3.05) is 13.1 Å². The third-order valence-corrected chi connectivity index (χ3v) is 2.53. The van der Waals surface area contributed by atoms with Gasteiger partial charge in [-0.3, -0.25) is 4.79 Å². The Balaban J connectivity index is 2.56. The molecule has 1 rings (SSSR count). The average molecular weight is 256 g/mol. The lowest BCUT2D eigenvalue weighted by atomic mass is 10.0. The summed E-state index contributed by atoms with van der Waals surface area (Å²) in [5.74, 6) is -0.786. The van der Waals surface area contributed by atoms with E-state index in [2.05, 4.69) is 15.9 Å². The van der Waals surface area contributed by atoms with Crippen molar-refractivity contribution in [1.29, 1.82) is 0 Å². The maximum Gasteiger partial charge on any atom is 0.377 e. The second-order valence-electron chi connectivity index (χ2n) is 3.50. The van der Waals surface area contributed by atoms with Crippen LogP contribution in [-0.4, -0.2) is 28.7 Å². The summed E-state index contributed by atoms with van der Waals surface area (Å²) >= 11 is 2.07. The number of halogens is 3. The lowest BCUT2D eigenvalue weighted by Gasteiger charge is -2.31. The smallest absolute Gasteiger partial charge is 0.336 e. The number of alkyl halides is 3. The number of hydrogen-bond acceptors (Lipinski definition) is 1. The van der Waals surface area contributed by atoms with Crippen molar-refractivity contribution in [1.82, 2.24) is 4.90 Å². The highest BCUT2D eigenvalue weighted by atomic mass is 79.9. The zero-order chi connectivity index (χ0) is 10.1. The van der Waals surface area contributed by atoms with E-state index in [1.807, 2.05) is 6.92 Å². The number of hydrogen-bond donors (Lipinski definition) is 0. The van der Waals surface area contributed by atoms with Gasteiger partial charge >= 0.3 is 10.7 Å². The molecule has 1 aliphatic heterocycles. The van der Waals surface area contributed by atoms with Crippen LogP contribution in [0.5, 0.6) is 0 Å². The second kappa shape index (κ2) is 3.90. The molecule has 5 heteroatoms. The van der Waals surface area contributed by atoms with Gasteiger partial charge in [0, 0.05) is 29.0 Å². The van der Waals surface area contributed by atoms with Crippen molar-refractivity contribution in [3.05, 3.63) is 0 Å². The van der Waals surface area contributed by atoms with E-state index in [4.69, 9.17) is 0 Å². The molecule has 1 aliphatic rings. The van der Waals surface area contributed by atoms with Crippen LogP contribution in [0.15, 0.2) is 0 Å². The molecule has 0 radical (unpaired) electrons. The van der Waals surface area contributed by atoms with Crippen molar-refractivity contribution in [3.8, 4) is 0 Å². The van der Waals surface area contributed by atoms with Crippen molar-refractivity contribution < 1.29 is 13.6 Å². The molecule has 0 N–H and O–H groups in total. The van der Waals surface area contributed by atoms with Crippen LogP contribution in [0.25, 0.3) is 0 Å². The largest absolute Gasteiger partial charge is 0.377 e. The average Bonchev–Trinajstić information content (AvgIpc) is 2.01. The molecule has 1 amide bonds. The van der Waals surface area contributed by atoms with E-state index in [0.29, 0.717) is 19.0 Å². The van der Waals surface area contributed by atoms with Gasteiger partial charge < -0.3 is 4.90 Å². The van der Waals surface area contributed by atoms with E-state index < -0.39 is 10.7 Å². The number of carbonyl (C=O) groups is 1.